The molecule has 0 unspecified atom stereocenters. The molecule has 0 spiro atoms. The SMILES string of the molecule is CNC1CC(c2ccnn2C)C1. The Bertz CT molecular complexity index is 260. The molecule has 1 aromatic heterocycles. The third-order valence-electron chi connectivity index (χ3n) is 2.82. The molecule has 1 aliphatic rings. The quantitative estimate of drug-likeness (QED) is 0.705. The molecule has 66 valence electrons. The van der Waals surface area contributed by atoms with Gasteiger partial charge in [0.25, 0.3) is 0 Å². The van der Waals surface area contributed by atoms with E-state index in [0.717, 1.165) is 12.0 Å². The predicted molar refractivity (Wildman–Crippen MR) is 48.0 cm³/mol. The summed E-state index contributed by atoms with van der Waals surface area (Å²) in [6.45, 7) is 0. The molecule has 1 heterocycles. The lowest BCUT2D eigenvalue weighted by atomic mass is 9.78. The normalized spacial score (nSPS) is 28.5. The molecule has 12 heavy (non-hydrogen) atoms. The van der Waals surface area contributed by atoms with Crippen LogP contribution < -0.4 is 5.32 Å². The second-order valence-corrected chi connectivity index (χ2v) is 3.53. The molecule has 0 amide bonds. The first-order chi connectivity index (χ1) is 5.81. The number of hydrogen-bond acceptors (Lipinski definition) is 2. The average molecular weight is 165 g/mol. The van der Waals surface area contributed by atoms with Gasteiger partial charge in [-0.1, -0.05) is 0 Å². The summed E-state index contributed by atoms with van der Waals surface area (Å²) in [7, 11) is 4.05. The van der Waals surface area contributed by atoms with Crippen LogP contribution in [0, 0.1) is 0 Å². The Hall–Kier alpha value is -0.830. The lowest BCUT2D eigenvalue weighted by Gasteiger charge is -2.34. The standard InChI is InChI=1S/C9H15N3/c1-10-8-5-7(6-8)9-3-4-11-12(9)2/h3-4,7-8,10H,5-6H2,1-2H3. The molecule has 1 aliphatic carbocycles. The summed E-state index contributed by atoms with van der Waals surface area (Å²) >= 11 is 0. The van der Waals surface area contributed by atoms with Gasteiger partial charge in [0.15, 0.2) is 0 Å². The van der Waals surface area contributed by atoms with Crippen LogP contribution in [0.1, 0.15) is 24.5 Å². The van der Waals surface area contributed by atoms with Crippen molar-refractivity contribution < 1.29 is 0 Å². The van der Waals surface area contributed by atoms with Crippen molar-refractivity contribution in [2.45, 2.75) is 24.8 Å². The van der Waals surface area contributed by atoms with Gasteiger partial charge in [0.2, 0.25) is 0 Å². The predicted octanol–water partition coefficient (Wildman–Crippen LogP) is 0.885. The van der Waals surface area contributed by atoms with Crippen LogP contribution in [0.2, 0.25) is 0 Å². The smallest absolute Gasteiger partial charge is 0.0492 e. The number of aromatic nitrogens is 2. The highest BCUT2D eigenvalue weighted by atomic mass is 15.3. The van der Waals surface area contributed by atoms with E-state index in [2.05, 4.69) is 16.5 Å². The fraction of sp³-hybridized carbons (Fsp3) is 0.667. The lowest BCUT2D eigenvalue weighted by Crippen LogP contribution is -2.38. The summed E-state index contributed by atoms with van der Waals surface area (Å²) in [5, 5.41) is 7.45. The van der Waals surface area contributed by atoms with Crippen LogP contribution in [-0.2, 0) is 7.05 Å². The van der Waals surface area contributed by atoms with Gasteiger partial charge in [-0.25, -0.2) is 0 Å². The Kier molecular flexibility index (Phi) is 1.89. The van der Waals surface area contributed by atoms with Crippen LogP contribution in [-0.4, -0.2) is 22.9 Å². The Labute approximate surface area is 72.8 Å². The molecule has 3 nitrogen and oxygen atoms in total. The van der Waals surface area contributed by atoms with Crippen LogP contribution in [0.15, 0.2) is 12.3 Å². The van der Waals surface area contributed by atoms with Crippen molar-refractivity contribution >= 4 is 0 Å². The van der Waals surface area contributed by atoms with Gasteiger partial charge in [-0.15, -0.1) is 0 Å². The fourth-order valence-electron chi connectivity index (χ4n) is 1.88. The molecular formula is C9H15N3. The maximum absolute atomic E-state index is 4.17. The van der Waals surface area contributed by atoms with Gasteiger partial charge in [0.1, 0.15) is 0 Å². The summed E-state index contributed by atoms with van der Waals surface area (Å²) in [5.74, 6) is 0.731. The van der Waals surface area contributed by atoms with Crippen LogP contribution in [0.4, 0.5) is 0 Å². The van der Waals surface area contributed by atoms with E-state index in [9.17, 15) is 0 Å². The van der Waals surface area contributed by atoms with Crippen molar-refractivity contribution in [3.63, 3.8) is 0 Å². The number of nitrogens with one attached hydrogen (secondary N) is 1. The van der Waals surface area contributed by atoms with Gasteiger partial charge in [0.05, 0.1) is 0 Å². The van der Waals surface area contributed by atoms with Crippen LogP contribution >= 0.6 is 0 Å². The van der Waals surface area contributed by atoms with E-state index in [4.69, 9.17) is 0 Å². The van der Waals surface area contributed by atoms with E-state index in [1.54, 1.807) is 0 Å². The molecule has 1 fully saturated rings. The average Bonchev–Trinajstić information content (AvgIpc) is 2.35. The van der Waals surface area contributed by atoms with E-state index >= 15 is 0 Å². The molecule has 2 rings (SSSR count). The largest absolute Gasteiger partial charge is 0.317 e. The first-order valence-electron chi connectivity index (χ1n) is 4.46. The summed E-state index contributed by atoms with van der Waals surface area (Å²) in [6, 6.07) is 2.85. The Balaban J connectivity index is 2.01. The monoisotopic (exact) mass is 165 g/mol. The molecule has 0 radical (unpaired) electrons. The van der Waals surface area contributed by atoms with Gasteiger partial charge in [-0.3, -0.25) is 4.68 Å². The molecule has 0 aromatic carbocycles. The number of nitrogens with zero attached hydrogens (tertiary/aromatic N) is 2. The zero-order valence-corrected chi connectivity index (χ0v) is 7.62. The van der Waals surface area contributed by atoms with Crippen molar-refractivity contribution in [1.82, 2.24) is 15.1 Å². The Morgan fingerprint density at radius 3 is 2.83 bits per heavy atom. The molecule has 1 saturated carbocycles. The topological polar surface area (TPSA) is 29.9 Å². The minimum absolute atomic E-state index is 0.727. The van der Waals surface area contributed by atoms with Crippen molar-refractivity contribution in [2.75, 3.05) is 7.05 Å². The summed E-state index contributed by atoms with van der Waals surface area (Å²) < 4.78 is 1.98. The second-order valence-electron chi connectivity index (χ2n) is 3.53. The summed E-state index contributed by atoms with van der Waals surface area (Å²) in [6.07, 6.45) is 4.40. The van der Waals surface area contributed by atoms with E-state index in [-0.39, 0.29) is 0 Å². The summed E-state index contributed by atoms with van der Waals surface area (Å²) in [5.41, 5.74) is 1.38. The van der Waals surface area contributed by atoms with Crippen LogP contribution in [0.3, 0.4) is 0 Å². The third-order valence-corrected chi connectivity index (χ3v) is 2.82. The van der Waals surface area contributed by atoms with Gasteiger partial charge >= 0.3 is 0 Å². The highest BCUT2D eigenvalue weighted by Crippen LogP contribution is 2.35. The lowest BCUT2D eigenvalue weighted by molar-refractivity contribution is 0.296. The zero-order chi connectivity index (χ0) is 8.55. The minimum atomic E-state index is 0.727. The van der Waals surface area contributed by atoms with E-state index in [0.29, 0.717) is 0 Å². The Morgan fingerprint density at radius 2 is 2.33 bits per heavy atom. The maximum atomic E-state index is 4.17. The molecular weight excluding hydrogens is 150 g/mol. The molecule has 1 aromatic rings. The zero-order valence-electron chi connectivity index (χ0n) is 7.62. The van der Waals surface area contributed by atoms with Gasteiger partial charge < -0.3 is 5.32 Å². The molecule has 0 atom stereocenters. The van der Waals surface area contributed by atoms with Crippen molar-refractivity contribution in [1.29, 1.82) is 0 Å². The minimum Gasteiger partial charge on any atom is -0.317 e. The Morgan fingerprint density at radius 1 is 1.58 bits per heavy atom. The summed E-state index contributed by atoms with van der Waals surface area (Å²) in [4.78, 5) is 0. The van der Waals surface area contributed by atoms with Gasteiger partial charge in [-0.2, -0.15) is 5.10 Å². The maximum Gasteiger partial charge on any atom is 0.0492 e. The fourth-order valence-corrected chi connectivity index (χ4v) is 1.88. The van der Waals surface area contributed by atoms with Crippen LogP contribution in [0.25, 0.3) is 0 Å². The van der Waals surface area contributed by atoms with Gasteiger partial charge in [0, 0.05) is 30.9 Å². The first kappa shape index (κ1) is 7.80. The highest BCUT2D eigenvalue weighted by Gasteiger charge is 2.30. The molecule has 3 heteroatoms. The molecule has 0 bridgehead atoms. The molecule has 1 N–H and O–H groups in total. The van der Waals surface area contributed by atoms with Crippen molar-refractivity contribution in [2.24, 2.45) is 7.05 Å². The number of aryl methyl sites for hydroxylation is 1. The molecule has 0 saturated heterocycles. The van der Waals surface area contributed by atoms with Crippen molar-refractivity contribution in [3.8, 4) is 0 Å². The second kappa shape index (κ2) is 2.90. The van der Waals surface area contributed by atoms with Gasteiger partial charge in [-0.05, 0) is 26.0 Å². The van der Waals surface area contributed by atoms with Crippen LogP contribution in [0.5, 0.6) is 0 Å². The third kappa shape index (κ3) is 1.14. The highest BCUT2D eigenvalue weighted by molar-refractivity contribution is 5.13. The first-order valence-corrected chi connectivity index (χ1v) is 4.46. The number of hydrogen-bond donors (Lipinski definition) is 1. The van der Waals surface area contributed by atoms with E-state index in [1.165, 1.54) is 18.5 Å². The number of rotatable bonds is 2. The molecule has 0 aliphatic heterocycles. The van der Waals surface area contributed by atoms with E-state index in [1.807, 2.05) is 25.0 Å². The van der Waals surface area contributed by atoms with Crippen molar-refractivity contribution in [3.05, 3.63) is 18.0 Å². The van der Waals surface area contributed by atoms with E-state index < -0.39 is 0 Å².